The van der Waals surface area contributed by atoms with Gasteiger partial charge >= 0.3 is 0 Å². The summed E-state index contributed by atoms with van der Waals surface area (Å²) in [5.74, 6) is 0.593. The first kappa shape index (κ1) is 7.02. The average molecular weight is 164 g/mol. The predicted molar refractivity (Wildman–Crippen MR) is 43.6 cm³/mol. The van der Waals surface area contributed by atoms with Crippen molar-refractivity contribution < 1.29 is 4.84 Å². The van der Waals surface area contributed by atoms with Gasteiger partial charge in [0.15, 0.2) is 0 Å². The molecule has 0 amide bonds. The van der Waals surface area contributed by atoms with Crippen molar-refractivity contribution in [1.82, 2.24) is 9.97 Å². The van der Waals surface area contributed by atoms with Crippen LogP contribution < -0.4 is 5.73 Å². The van der Waals surface area contributed by atoms with Crippen molar-refractivity contribution in [2.75, 3.05) is 12.3 Å². The van der Waals surface area contributed by atoms with E-state index in [1.807, 2.05) is 0 Å². The SMILES string of the molecule is Nc1cc(C2C=NOC2)ncn1. The second-order valence-electron chi connectivity index (χ2n) is 2.52. The van der Waals surface area contributed by atoms with Gasteiger partial charge in [-0.05, 0) is 0 Å². The number of aromatic nitrogens is 2. The van der Waals surface area contributed by atoms with Gasteiger partial charge in [0.05, 0.1) is 17.8 Å². The van der Waals surface area contributed by atoms with Crippen LogP contribution in [0.2, 0.25) is 0 Å². The summed E-state index contributed by atoms with van der Waals surface area (Å²) >= 11 is 0. The van der Waals surface area contributed by atoms with Crippen LogP contribution in [0.5, 0.6) is 0 Å². The third-order valence-corrected chi connectivity index (χ3v) is 1.66. The van der Waals surface area contributed by atoms with Gasteiger partial charge < -0.3 is 10.6 Å². The van der Waals surface area contributed by atoms with Crippen LogP contribution in [-0.4, -0.2) is 22.8 Å². The Morgan fingerprint density at radius 3 is 3.08 bits per heavy atom. The third kappa shape index (κ3) is 1.20. The van der Waals surface area contributed by atoms with Crippen molar-refractivity contribution in [2.45, 2.75) is 5.92 Å². The summed E-state index contributed by atoms with van der Waals surface area (Å²) in [5.41, 5.74) is 6.34. The quantitative estimate of drug-likeness (QED) is 0.641. The lowest BCUT2D eigenvalue weighted by Gasteiger charge is -2.02. The second-order valence-corrected chi connectivity index (χ2v) is 2.52. The Labute approximate surface area is 69.3 Å². The lowest BCUT2D eigenvalue weighted by molar-refractivity contribution is 0.166. The van der Waals surface area contributed by atoms with Crippen LogP contribution in [0, 0.1) is 0 Å². The van der Waals surface area contributed by atoms with Crippen LogP contribution in [0.3, 0.4) is 0 Å². The number of nitrogens with two attached hydrogens (primary N) is 1. The minimum absolute atomic E-state index is 0.121. The molecule has 2 N–H and O–H groups in total. The van der Waals surface area contributed by atoms with E-state index in [-0.39, 0.29) is 5.92 Å². The van der Waals surface area contributed by atoms with Gasteiger partial charge in [0.25, 0.3) is 0 Å². The largest absolute Gasteiger partial charge is 0.395 e. The van der Waals surface area contributed by atoms with Crippen LogP contribution in [0.4, 0.5) is 5.82 Å². The molecule has 0 bridgehead atoms. The van der Waals surface area contributed by atoms with E-state index in [4.69, 9.17) is 10.6 Å². The second kappa shape index (κ2) is 2.77. The van der Waals surface area contributed by atoms with Gasteiger partial charge in [-0.3, -0.25) is 0 Å². The van der Waals surface area contributed by atoms with Crippen LogP contribution in [0.1, 0.15) is 11.6 Å². The topological polar surface area (TPSA) is 73.4 Å². The standard InChI is InChI=1S/C7H8N4O/c8-7-1-6(9-4-10-7)5-2-11-12-3-5/h1-2,4-5H,3H2,(H2,8,9,10). The van der Waals surface area contributed by atoms with Gasteiger partial charge in [-0.15, -0.1) is 0 Å². The highest BCUT2D eigenvalue weighted by Gasteiger charge is 2.16. The van der Waals surface area contributed by atoms with Gasteiger partial charge in [0.2, 0.25) is 0 Å². The number of hydrogen-bond donors (Lipinski definition) is 1. The molecule has 1 aromatic heterocycles. The minimum atomic E-state index is 0.121. The lowest BCUT2D eigenvalue weighted by Crippen LogP contribution is -2.05. The summed E-state index contributed by atoms with van der Waals surface area (Å²) < 4.78 is 0. The smallest absolute Gasteiger partial charge is 0.130 e. The Morgan fingerprint density at radius 1 is 1.50 bits per heavy atom. The molecule has 62 valence electrons. The zero-order valence-corrected chi connectivity index (χ0v) is 6.34. The van der Waals surface area contributed by atoms with Crippen LogP contribution in [0.15, 0.2) is 17.5 Å². The number of anilines is 1. The molecule has 1 unspecified atom stereocenters. The molecule has 1 atom stereocenters. The fraction of sp³-hybridized carbons (Fsp3) is 0.286. The molecule has 5 nitrogen and oxygen atoms in total. The van der Waals surface area contributed by atoms with E-state index < -0.39 is 0 Å². The molecule has 0 saturated heterocycles. The van der Waals surface area contributed by atoms with E-state index in [1.54, 1.807) is 12.3 Å². The van der Waals surface area contributed by atoms with Crippen molar-refractivity contribution in [3.8, 4) is 0 Å². The Hall–Kier alpha value is -1.65. The highest BCUT2D eigenvalue weighted by Crippen LogP contribution is 2.16. The maximum absolute atomic E-state index is 5.49. The molecule has 0 fully saturated rings. The van der Waals surface area contributed by atoms with E-state index in [9.17, 15) is 0 Å². The summed E-state index contributed by atoms with van der Waals surface area (Å²) in [6, 6.07) is 1.73. The Bertz CT molecular complexity index is 312. The van der Waals surface area contributed by atoms with Crippen molar-refractivity contribution in [3.05, 3.63) is 18.1 Å². The number of nitrogen functional groups attached to an aromatic ring is 1. The summed E-state index contributed by atoms with van der Waals surface area (Å²) in [7, 11) is 0. The molecule has 1 aliphatic rings. The number of oxime groups is 1. The van der Waals surface area contributed by atoms with Crippen LogP contribution in [-0.2, 0) is 4.84 Å². The Kier molecular flexibility index (Phi) is 1.62. The maximum Gasteiger partial charge on any atom is 0.130 e. The van der Waals surface area contributed by atoms with Crippen molar-refractivity contribution in [1.29, 1.82) is 0 Å². The summed E-state index contributed by atoms with van der Waals surface area (Å²) in [6.45, 7) is 0.538. The molecule has 0 aliphatic carbocycles. The highest BCUT2D eigenvalue weighted by atomic mass is 16.6. The van der Waals surface area contributed by atoms with Crippen LogP contribution >= 0.6 is 0 Å². The Balaban J connectivity index is 2.27. The van der Waals surface area contributed by atoms with Gasteiger partial charge in [-0.2, -0.15) is 0 Å². The van der Waals surface area contributed by atoms with E-state index >= 15 is 0 Å². The fourth-order valence-corrected chi connectivity index (χ4v) is 1.04. The molecule has 5 heteroatoms. The normalized spacial score (nSPS) is 20.8. The van der Waals surface area contributed by atoms with Crippen molar-refractivity contribution >= 4 is 12.0 Å². The predicted octanol–water partition coefficient (Wildman–Crippen LogP) is 0.158. The summed E-state index contributed by atoms with van der Waals surface area (Å²) in [6.07, 6.45) is 3.15. The molecular weight excluding hydrogens is 156 g/mol. The van der Waals surface area contributed by atoms with Crippen molar-refractivity contribution in [2.24, 2.45) is 5.16 Å². The molecule has 0 aromatic carbocycles. The molecular formula is C7H8N4O. The molecule has 0 spiro atoms. The maximum atomic E-state index is 5.49. The lowest BCUT2D eigenvalue weighted by atomic mass is 10.1. The summed E-state index contributed by atoms with van der Waals surface area (Å²) in [5, 5.41) is 3.64. The van der Waals surface area contributed by atoms with Crippen LogP contribution in [0.25, 0.3) is 0 Å². The monoisotopic (exact) mass is 164 g/mol. The number of nitrogens with zero attached hydrogens (tertiary/aromatic N) is 3. The van der Waals surface area contributed by atoms with Gasteiger partial charge in [0, 0.05) is 6.07 Å². The summed E-state index contributed by atoms with van der Waals surface area (Å²) in [4.78, 5) is 12.7. The zero-order chi connectivity index (χ0) is 8.39. The molecule has 2 rings (SSSR count). The van der Waals surface area contributed by atoms with E-state index in [0.717, 1.165) is 5.69 Å². The van der Waals surface area contributed by atoms with E-state index in [0.29, 0.717) is 12.4 Å². The first-order valence-electron chi connectivity index (χ1n) is 3.59. The average Bonchev–Trinajstić information content (AvgIpc) is 2.56. The number of rotatable bonds is 1. The molecule has 2 heterocycles. The molecule has 1 aromatic rings. The first-order valence-corrected chi connectivity index (χ1v) is 3.59. The Morgan fingerprint density at radius 2 is 2.42 bits per heavy atom. The van der Waals surface area contributed by atoms with Gasteiger partial charge in [0.1, 0.15) is 18.8 Å². The molecule has 0 radical (unpaired) electrons. The van der Waals surface area contributed by atoms with Gasteiger partial charge in [-0.25, -0.2) is 9.97 Å². The molecule has 1 aliphatic heterocycles. The first-order chi connectivity index (χ1) is 5.86. The third-order valence-electron chi connectivity index (χ3n) is 1.66. The zero-order valence-electron chi connectivity index (χ0n) is 6.34. The highest BCUT2D eigenvalue weighted by molar-refractivity contribution is 5.68. The van der Waals surface area contributed by atoms with E-state index in [1.165, 1.54) is 6.33 Å². The van der Waals surface area contributed by atoms with E-state index in [2.05, 4.69) is 15.1 Å². The molecule has 0 saturated carbocycles. The minimum Gasteiger partial charge on any atom is -0.395 e. The fourth-order valence-electron chi connectivity index (χ4n) is 1.04. The van der Waals surface area contributed by atoms with Crippen molar-refractivity contribution in [3.63, 3.8) is 0 Å². The van der Waals surface area contributed by atoms with Gasteiger partial charge in [-0.1, -0.05) is 5.16 Å². The number of hydrogen-bond acceptors (Lipinski definition) is 5. The molecule has 12 heavy (non-hydrogen) atoms.